The first-order valence-electron chi connectivity index (χ1n) is 6.74. The van der Waals surface area contributed by atoms with E-state index < -0.39 is 5.78 Å². The standard InChI is InChI=1S/C18H10ClN4O/c19-15-6-4-13(5-7-15)18(24)17(23-8-2-1-3-9-23)16(12-22)14(10-20)11-21/h1-9,20H/q+1/b17-16+. The summed E-state index contributed by atoms with van der Waals surface area (Å²) in [5, 5.41) is 26.2. The molecule has 0 radical (unpaired) electrons. The number of carbonyl (C=O) groups is 1. The minimum Gasteiger partial charge on any atom is -0.282 e. The molecule has 114 valence electrons. The van der Waals surface area contributed by atoms with Gasteiger partial charge in [0.2, 0.25) is 0 Å². The number of halogens is 1. The fourth-order valence-electron chi connectivity index (χ4n) is 2.02. The van der Waals surface area contributed by atoms with Crippen molar-refractivity contribution in [2.24, 2.45) is 0 Å². The van der Waals surface area contributed by atoms with Gasteiger partial charge in [0.15, 0.2) is 18.0 Å². The Morgan fingerprint density at radius 1 is 1.04 bits per heavy atom. The van der Waals surface area contributed by atoms with Crippen molar-refractivity contribution in [2.75, 3.05) is 0 Å². The summed E-state index contributed by atoms with van der Waals surface area (Å²) in [4.78, 5) is 12.9. The number of pyridine rings is 1. The average molecular weight is 334 g/mol. The smallest absolute Gasteiger partial charge is 0.278 e. The first-order valence-corrected chi connectivity index (χ1v) is 7.11. The van der Waals surface area contributed by atoms with E-state index >= 15 is 0 Å². The molecule has 0 saturated carbocycles. The second kappa shape index (κ2) is 7.67. The van der Waals surface area contributed by atoms with Gasteiger partial charge in [0.05, 0.1) is 0 Å². The van der Waals surface area contributed by atoms with Gasteiger partial charge in [-0.2, -0.15) is 15.1 Å². The maximum absolute atomic E-state index is 12.9. The summed E-state index contributed by atoms with van der Waals surface area (Å²) in [6.07, 6.45) is 3.17. The van der Waals surface area contributed by atoms with Gasteiger partial charge in [0.25, 0.3) is 11.5 Å². The van der Waals surface area contributed by atoms with Crippen LogP contribution in [-0.2, 0) is 0 Å². The summed E-state index contributed by atoms with van der Waals surface area (Å²) in [7, 11) is 0. The van der Waals surface area contributed by atoms with E-state index in [9.17, 15) is 10.1 Å². The third-order valence-corrected chi connectivity index (χ3v) is 3.38. The van der Waals surface area contributed by atoms with Crippen LogP contribution in [0.1, 0.15) is 10.4 Å². The molecule has 0 atom stereocenters. The first-order chi connectivity index (χ1) is 11.6. The number of nitrogens with one attached hydrogen (secondary N) is 1. The Balaban J connectivity index is 2.76. The molecule has 24 heavy (non-hydrogen) atoms. The Labute approximate surface area is 143 Å². The average Bonchev–Trinajstić information content (AvgIpc) is 2.63. The molecular weight excluding hydrogens is 324 g/mol. The number of rotatable bonds is 4. The molecule has 1 N–H and O–H groups in total. The van der Waals surface area contributed by atoms with Crippen LogP contribution in [0, 0.1) is 28.1 Å². The van der Waals surface area contributed by atoms with Crippen molar-refractivity contribution in [2.45, 2.75) is 0 Å². The molecule has 6 heteroatoms. The molecule has 0 unspecified atom stereocenters. The van der Waals surface area contributed by atoms with Crippen molar-refractivity contribution in [1.29, 1.82) is 15.9 Å². The van der Waals surface area contributed by atoms with Gasteiger partial charge < -0.3 is 0 Å². The molecule has 0 bridgehead atoms. The van der Waals surface area contributed by atoms with Crippen LogP contribution in [-0.4, -0.2) is 11.7 Å². The van der Waals surface area contributed by atoms with Crippen molar-refractivity contribution in [3.05, 3.63) is 76.6 Å². The summed E-state index contributed by atoms with van der Waals surface area (Å²) in [5.41, 5.74) is -0.257. The summed E-state index contributed by atoms with van der Waals surface area (Å²) in [6, 6.07) is 14.9. The molecule has 0 amide bonds. The molecule has 2 aromatic rings. The van der Waals surface area contributed by atoms with Gasteiger partial charge in [0, 0.05) is 22.7 Å². The summed E-state index contributed by atoms with van der Waals surface area (Å²) < 4.78 is 1.43. The lowest BCUT2D eigenvalue weighted by Gasteiger charge is -2.04. The van der Waals surface area contributed by atoms with E-state index in [2.05, 4.69) is 0 Å². The molecule has 1 aromatic heterocycles. The van der Waals surface area contributed by atoms with Crippen molar-refractivity contribution in [3.63, 3.8) is 0 Å². The van der Waals surface area contributed by atoms with Gasteiger partial charge in [-0.25, -0.2) is 0 Å². The zero-order chi connectivity index (χ0) is 17.5. The molecule has 0 aliphatic rings. The normalized spacial score (nSPS) is 10.6. The highest BCUT2D eigenvalue weighted by atomic mass is 35.5. The number of nitrogens with zero attached hydrogens (tertiary/aromatic N) is 3. The van der Waals surface area contributed by atoms with Gasteiger partial charge >= 0.3 is 0 Å². The van der Waals surface area contributed by atoms with E-state index in [-0.39, 0.29) is 16.8 Å². The van der Waals surface area contributed by atoms with E-state index in [4.69, 9.17) is 22.3 Å². The van der Waals surface area contributed by atoms with Crippen LogP contribution in [0.2, 0.25) is 5.02 Å². The third-order valence-electron chi connectivity index (χ3n) is 3.13. The van der Waals surface area contributed by atoms with Gasteiger partial charge in [-0.1, -0.05) is 17.7 Å². The molecule has 1 heterocycles. The van der Waals surface area contributed by atoms with Crippen LogP contribution in [0.25, 0.3) is 5.70 Å². The van der Waals surface area contributed by atoms with Crippen molar-refractivity contribution < 1.29 is 9.36 Å². The molecule has 0 aliphatic heterocycles. The fourth-order valence-corrected chi connectivity index (χ4v) is 2.15. The number of carbonyl (C=O) groups excluding carboxylic acids is 1. The number of hydrogen-bond donors (Lipinski definition) is 1. The predicted molar refractivity (Wildman–Crippen MR) is 88.1 cm³/mol. The van der Waals surface area contributed by atoms with E-state index in [1.807, 2.05) is 11.9 Å². The lowest BCUT2D eigenvalue weighted by Crippen LogP contribution is -2.37. The van der Waals surface area contributed by atoms with Gasteiger partial charge in [0.1, 0.15) is 17.7 Å². The second-order valence-electron chi connectivity index (χ2n) is 4.57. The number of ketones is 1. The Hall–Kier alpha value is -3.50. The number of benzene rings is 1. The highest BCUT2D eigenvalue weighted by molar-refractivity contribution is 6.31. The number of Topliss-reactive ketones (excluding diaryl/α,β-unsaturated/α-hetero) is 1. The van der Waals surface area contributed by atoms with Crippen molar-refractivity contribution in [3.8, 4) is 12.1 Å². The van der Waals surface area contributed by atoms with Crippen LogP contribution in [0.5, 0.6) is 0 Å². The van der Waals surface area contributed by atoms with Crippen molar-refractivity contribution in [1.82, 2.24) is 0 Å². The third kappa shape index (κ3) is 3.45. The minimum atomic E-state index is -0.470. The summed E-state index contributed by atoms with van der Waals surface area (Å²) >= 11 is 5.84. The van der Waals surface area contributed by atoms with Gasteiger partial charge in [-0.15, -0.1) is 0 Å². The number of nitriles is 2. The van der Waals surface area contributed by atoms with E-state index in [0.717, 1.165) is 0 Å². The molecular formula is C18H10ClN4O+. The largest absolute Gasteiger partial charge is 0.282 e. The lowest BCUT2D eigenvalue weighted by molar-refractivity contribution is -0.577. The molecule has 1 aromatic carbocycles. The molecule has 0 spiro atoms. The fraction of sp³-hybridized carbons (Fsp3) is 0. The van der Waals surface area contributed by atoms with Gasteiger partial charge in [-0.05, 0) is 30.1 Å². The van der Waals surface area contributed by atoms with Crippen LogP contribution >= 0.6 is 11.6 Å². The van der Waals surface area contributed by atoms with Gasteiger partial charge in [-0.3, -0.25) is 10.2 Å². The predicted octanol–water partition coefficient (Wildman–Crippen LogP) is 2.94. The summed E-state index contributed by atoms with van der Waals surface area (Å²) in [6.45, 7) is 0. The number of aromatic nitrogens is 1. The molecule has 5 nitrogen and oxygen atoms in total. The maximum atomic E-state index is 12.9. The topological polar surface area (TPSA) is 92.4 Å². The van der Waals surface area contributed by atoms with Crippen LogP contribution in [0.3, 0.4) is 0 Å². The molecule has 2 rings (SSSR count). The van der Waals surface area contributed by atoms with Crippen LogP contribution in [0.15, 0.2) is 66.0 Å². The number of hydrogen-bond acceptors (Lipinski definition) is 4. The second-order valence-corrected chi connectivity index (χ2v) is 5.00. The summed E-state index contributed by atoms with van der Waals surface area (Å²) in [5.74, 6) is 1.44. The van der Waals surface area contributed by atoms with Crippen molar-refractivity contribution >= 4 is 29.0 Å². The highest BCUT2D eigenvalue weighted by Crippen LogP contribution is 2.18. The van der Waals surface area contributed by atoms with E-state index in [1.54, 1.807) is 48.8 Å². The quantitative estimate of drug-likeness (QED) is 0.233. The Morgan fingerprint density at radius 3 is 2.17 bits per heavy atom. The zero-order valence-electron chi connectivity index (χ0n) is 12.3. The van der Waals surface area contributed by atoms with Crippen LogP contribution in [0.4, 0.5) is 0 Å². The van der Waals surface area contributed by atoms with Crippen LogP contribution < -0.4 is 4.57 Å². The SMILES string of the molecule is N#CC(=C=N)/C(C#N)=C(\C(=O)c1ccc(Cl)cc1)[n+]1ccccc1. The minimum absolute atomic E-state index is 0.0308. The Bertz CT molecular complexity index is 941. The molecule has 0 aliphatic carbocycles. The Kier molecular flexibility index (Phi) is 5.39. The Morgan fingerprint density at radius 2 is 1.67 bits per heavy atom. The first kappa shape index (κ1) is 16.9. The molecule has 0 fully saturated rings. The zero-order valence-corrected chi connectivity index (χ0v) is 13.1. The maximum Gasteiger partial charge on any atom is 0.278 e. The monoisotopic (exact) mass is 333 g/mol. The van der Waals surface area contributed by atoms with E-state index in [0.29, 0.717) is 10.6 Å². The lowest BCUT2D eigenvalue weighted by atomic mass is 10.0. The van der Waals surface area contributed by atoms with E-state index in [1.165, 1.54) is 16.7 Å². The molecule has 0 saturated heterocycles. The highest BCUT2D eigenvalue weighted by Gasteiger charge is 2.29. The number of allylic oxidation sites excluding steroid dienone is 3.